The largest absolute Gasteiger partial charge is 0.330 e. The van der Waals surface area contributed by atoms with Gasteiger partial charge in [-0.2, -0.15) is 4.31 Å². The second-order valence-electron chi connectivity index (χ2n) is 12.9. The average molecular weight is 723 g/mol. The number of hydrogen-bond donors (Lipinski definition) is 3. The normalized spacial score (nSPS) is 19.3. The van der Waals surface area contributed by atoms with Crippen molar-refractivity contribution in [3.63, 3.8) is 0 Å². The van der Waals surface area contributed by atoms with Crippen LogP contribution in [0.3, 0.4) is 0 Å². The van der Waals surface area contributed by atoms with Gasteiger partial charge >= 0.3 is 0 Å². The first-order chi connectivity index (χ1) is 23.6. The van der Waals surface area contributed by atoms with E-state index < -0.39 is 22.0 Å². The van der Waals surface area contributed by atoms with Crippen molar-refractivity contribution in [2.24, 2.45) is 23.3 Å². The molecule has 0 bridgehead atoms. The van der Waals surface area contributed by atoms with Crippen molar-refractivity contribution >= 4 is 39.9 Å². The number of aromatic amines is 1. The van der Waals surface area contributed by atoms with Crippen LogP contribution in [0.5, 0.6) is 0 Å². The number of pyridine rings is 1. The van der Waals surface area contributed by atoms with Gasteiger partial charge in [0.2, 0.25) is 15.9 Å². The molecule has 6 rings (SSSR count). The fourth-order valence-corrected chi connectivity index (χ4v) is 7.89. The van der Waals surface area contributed by atoms with Crippen LogP contribution in [-0.4, -0.2) is 101 Å². The van der Waals surface area contributed by atoms with Gasteiger partial charge in [-0.3, -0.25) is 14.6 Å². The molecule has 1 aliphatic carbocycles. The van der Waals surface area contributed by atoms with Crippen molar-refractivity contribution in [2.75, 3.05) is 44.7 Å². The number of anilines is 1. The Morgan fingerprint density at radius 3 is 2.22 bits per heavy atom. The van der Waals surface area contributed by atoms with E-state index in [1.165, 1.54) is 15.4 Å². The molecule has 2 fully saturated rings. The third-order valence-electron chi connectivity index (χ3n) is 9.59. The number of carbonyl (C=O) groups excluding carboxylic acids is 2. The molecule has 14 nitrogen and oxygen atoms in total. The summed E-state index contributed by atoms with van der Waals surface area (Å²) in [4.78, 5) is 35.6. The van der Waals surface area contributed by atoms with Crippen molar-refractivity contribution in [3.8, 4) is 22.5 Å². The quantitative estimate of drug-likeness (QED) is 0.217. The van der Waals surface area contributed by atoms with Crippen molar-refractivity contribution in [1.29, 1.82) is 0 Å². The molecule has 4 aromatic rings. The Balaban J connectivity index is 0.00000486. The summed E-state index contributed by atoms with van der Waals surface area (Å²) < 4.78 is 28.1. The van der Waals surface area contributed by atoms with Crippen molar-refractivity contribution < 1.29 is 18.0 Å². The number of rotatable bonds is 10. The molecule has 16 heteroatoms. The molecule has 2 aromatic heterocycles. The predicted octanol–water partition coefficient (Wildman–Crippen LogP) is 2.48. The molecule has 0 radical (unpaired) electrons. The molecule has 2 aliphatic rings. The number of imide groups is 1. The van der Waals surface area contributed by atoms with Crippen molar-refractivity contribution in [1.82, 2.24) is 34.8 Å². The molecule has 50 heavy (non-hydrogen) atoms. The average Bonchev–Trinajstić information content (AvgIpc) is 3.68. The zero-order chi connectivity index (χ0) is 34.5. The van der Waals surface area contributed by atoms with Crippen LogP contribution in [0, 0.1) is 11.8 Å². The third kappa shape index (κ3) is 8.25. The number of likely N-dealkylation sites (N-methyl/N-ethyl adjacent to an activating group) is 1. The number of carbonyl (C=O) groups is 2. The van der Waals surface area contributed by atoms with Crippen LogP contribution < -0.4 is 16.4 Å². The summed E-state index contributed by atoms with van der Waals surface area (Å²) in [5.41, 5.74) is 15.8. The lowest BCUT2D eigenvalue weighted by Gasteiger charge is -2.32. The van der Waals surface area contributed by atoms with Crippen LogP contribution in [0.15, 0.2) is 71.9 Å². The summed E-state index contributed by atoms with van der Waals surface area (Å²) in [5.74, 6) is -0.210. The molecule has 1 aliphatic heterocycles. The van der Waals surface area contributed by atoms with E-state index in [2.05, 4.69) is 30.5 Å². The number of nitrogens with one attached hydrogen (secondary N) is 1. The molecular weight excluding hydrogens is 680 g/mol. The van der Waals surface area contributed by atoms with E-state index in [9.17, 15) is 18.0 Å². The summed E-state index contributed by atoms with van der Waals surface area (Å²) >= 11 is 0. The maximum atomic E-state index is 14.0. The Morgan fingerprint density at radius 1 is 0.940 bits per heavy atom. The smallest absolute Gasteiger partial charge is 0.251 e. The minimum absolute atomic E-state index is 0. The van der Waals surface area contributed by atoms with Gasteiger partial charge in [0.05, 0.1) is 11.7 Å². The molecular formula is C34H43ClN10O4S. The standard InChI is InChI=1S/C34H42N10O4S.ClH/c1-42-14-16-43(17-15-42)49(47,48)30-19-28(21-37-22-30)25-6-2-23(3-7-25)18-31(36)34(46)44(33(45)27-8-4-24(20-35)5-9-27)29-12-10-26(11-13-29)32-38-40-41-39-32;/h2-3,6-7,10-13,19,21-22,24,27,31H,4-5,8-9,14-18,20,35-36H2,1H3,(H,38,39,40,41);1H/t24-,27-,31-;/m0./s1. The number of nitrogens with zero attached hydrogens (tertiary/aromatic N) is 7. The first-order valence-electron chi connectivity index (χ1n) is 16.5. The SMILES string of the molecule is CN1CCN(S(=O)(=O)c2cncc(-c3ccc(C[C@H](N)C(=O)N(c4ccc(-c5nnn[nH]5)cc4)C(=O)[C@H]4CC[C@H](CN)CC4)cc3)c2)CC1.Cl. The number of hydrogen-bond acceptors (Lipinski definition) is 11. The van der Waals surface area contributed by atoms with E-state index in [1.807, 2.05) is 31.3 Å². The second-order valence-corrected chi connectivity index (χ2v) is 14.8. The maximum Gasteiger partial charge on any atom is 0.251 e. The minimum atomic E-state index is -3.67. The number of aromatic nitrogens is 5. The number of benzene rings is 2. The lowest BCUT2D eigenvalue weighted by Crippen LogP contribution is -2.50. The van der Waals surface area contributed by atoms with Gasteiger partial charge in [0, 0.05) is 55.6 Å². The van der Waals surface area contributed by atoms with Gasteiger partial charge in [-0.05, 0) is 103 Å². The second kappa shape index (κ2) is 16.3. The van der Waals surface area contributed by atoms with Gasteiger partial charge in [-0.1, -0.05) is 24.3 Å². The maximum absolute atomic E-state index is 14.0. The van der Waals surface area contributed by atoms with Gasteiger partial charge < -0.3 is 16.4 Å². The molecule has 5 N–H and O–H groups in total. The van der Waals surface area contributed by atoms with Gasteiger partial charge in [-0.15, -0.1) is 17.5 Å². The number of sulfonamides is 1. The number of H-pyrrole nitrogens is 1. The van der Waals surface area contributed by atoms with E-state index in [1.54, 1.807) is 36.5 Å². The first-order valence-corrected chi connectivity index (χ1v) is 18.0. The third-order valence-corrected chi connectivity index (χ3v) is 11.5. The predicted molar refractivity (Wildman–Crippen MR) is 191 cm³/mol. The molecule has 1 atom stereocenters. The fourth-order valence-electron chi connectivity index (χ4n) is 6.48. The Bertz CT molecular complexity index is 1840. The topological polar surface area (TPSA) is 197 Å². The molecule has 2 amide bonds. The van der Waals surface area contributed by atoms with Gasteiger partial charge in [0.15, 0.2) is 5.82 Å². The van der Waals surface area contributed by atoms with Crippen LogP contribution in [0.4, 0.5) is 5.69 Å². The lowest BCUT2D eigenvalue weighted by molar-refractivity contribution is -0.130. The lowest BCUT2D eigenvalue weighted by atomic mass is 9.81. The summed E-state index contributed by atoms with van der Waals surface area (Å²) in [6.45, 7) is 2.80. The Morgan fingerprint density at radius 2 is 1.60 bits per heavy atom. The summed E-state index contributed by atoms with van der Waals surface area (Å²) in [6.07, 6.45) is 6.20. The zero-order valence-electron chi connectivity index (χ0n) is 27.9. The van der Waals surface area contributed by atoms with E-state index >= 15 is 0 Å². The Hall–Kier alpha value is -4.12. The van der Waals surface area contributed by atoms with Gasteiger partial charge in [0.25, 0.3) is 5.91 Å². The molecule has 266 valence electrons. The molecule has 0 unspecified atom stereocenters. The molecule has 2 aromatic carbocycles. The van der Waals surface area contributed by atoms with Crippen LogP contribution in [0.2, 0.25) is 0 Å². The first kappa shape index (κ1) is 37.1. The van der Waals surface area contributed by atoms with Crippen LogP contribution in [0.25, 0.3) is 22.5 Å². The van der Waals surface area contributed by atoms with Crippen LogP contribution in [-0.2, 0) is 26.0 Å². The fraction of sp³-hybridized carbons (Fsp3) is 0.412. The monoisotopic (exact) mass is 722 g/mol. The summed E-state index contributed by atoms with van der Waals surface area (Å²) in [6, 6.07) is 15.0. The highest BCUT2D eigenvalue weighted by Crippen LogP contribution is 2.32. The Kier molecular flexibility index (Phi) is 12.1. The number of nitrogens with two attached hydrogens (primary N) is 2. The summed E-state index contributed by atoms with van der Waals surface area (Å²) in [5, 5.41) is 13.9. The molecule has 1 saturated carbocycles. The van der Waals surface area contributed by atoms with E-state index in [0.717, 1.165) is 24.0 Å². The number of piperazine rings is 1. The zero-order valence-corrected chi connectivity index (χ0v) is 29.5. The van der Waals surface area contributed by atoms with E-state index in [0.29, 0.717) is 74.1 Å². The van der Waals surface area contributed by atoms with Crippen molar-refractivity contribution in [2.45, 2.75) is 43.0 Å². The Labute approximate surface area is 298 Å². The van der Waals surface area contributed by atoms with Crippen LogP contribution in [0.1, 0.15) is 31.2 Å². The summed E-state index contributed by atoms with van der Waals surface area (Å²) in [7, 11) is -1.70. The highest BCUT2D eigenvalue weighted by atomic mass is 35.5. The van der Waals surface area contributed by atoms with Gasteiger partial charge in [0.1, 0.15) is 4.90 Å². The van der Waals surface area contributed by atoms with Gasteiger partial charge in [-0.25, -0.2) is 18.4 Å². The highest BCUT2D eigenvalue weighted by molar-refractivity contribution is 7.89. The molecule has 0 spiro atoms. The highest BCUT2D eigenvalue weighted by Gasteiger charge is 2.35. The number of amides is 2. The number of halogens is 1. The number of tetrazole rings is 1. The van der Waals surface area contributed by atoms with E-state index in [4.69, 9.17) is 11.5 Å². The molecule has 3 heterocycles. The van der Waals surface area contributed by atoms with Crippen LogP contribution >= 0.6 is 12.4 Å². The molecule has 1 saturated heterocycles. The van der Waals surface area contributed by atoms with E-state index in [-0.39, 0.29) is 35.5 Å². The van der Waals surface area contributed by atoms with Crippen molar-refractivity contribution in [3.05, 3.63) is 72.6 Å². The minimum Gasteiger partial charge on any atom is -0.330 e.